The number of rotatable bonds is 7. The Balaban J connectivity index is 1.57. The molecule has 0 bridgehead atoms. The van der Waals surface area contributed by atoms with Crippen molar-refractivity contribution in [1.29, 1.82) is 0 Å². The molecular formula is C21H23N5O2. The van der Waals surface area contributed by atoms with E-state index in [1.165, 1.54) is 13.3 Å². The second kappa shape index (κ2) is 8.58. The van der Waals surface area contributed by atoms with E-state index >= 15 is 0 Å². The Hall–Kier alpha value is -3.32. The van der Waals surface area contributed by atoms with Crippen molar-refractivity contribution in [2.75, 3.05) is 18.9 Å². The van der Waals surface area contributed by atoms with E-state index in [4.69, 9.17) is 0 Å². The topological polar surface area (TPSA) is 80.1 Å². The average Bonchev–Trinajstić information content (AvgIpc) is 3.22. The van der Waals surface area contributed by atoms with Gasteiger partial charge in [0.1, 0.15) is 12.7 Å². The fourth-order valence-electron chi connectivity index (χ4n) is 2.85. The number of Topliss-reactive ketones (excluding diaryl/α,β-unsaturated/α-hetero) is 1. The zero-order chi connectivity index (χ0) is 20.1. The van der Waals surface area contributed by atoms with E-state index in [1.807, 2.05) is 36.2 Å². The summed E-state index contributed by atoms with van der Waals surface area (Å²) in [6, 6.07) is 15.0. The standard InChI is InChI=1S/C21H23N5O2/c1-15(17-6-10-20(11-7-17)26-14-22-13-23-26)25(3)12-21(28)24-19-8-4-18(5-9-19)16(2)27/h4-11,13-15H,12H2,1-3H3,(H,24,28). The van der Waals surface area contributed by atoms with Crippen LogP contribution >= 0.6 is 0 Å². The first-order valence-electron chi connectivity index (χ1n) is 9.00. The summed E-state index contributed by atoms with van der Waals surface area (Å²) in [5, 5.41) is 6.98. The van der Waals surface area contributed by atoms with Crippen LogP contribution < -0.4 is 5.32 Å². The lowest BCUT2D eigenvalue weighted by atomic mass is 10.1. The number of likely N-dealkylation sites (N-methyl/N-ethyl adjacent to an activating group) is 1. The molecule has 0 fully saturated rings. The first-order valence-corrected chi connectivity index (χ1v) is 9.00. The molecule has 1 aromatic heterocycles. The summed E-state index contributed by atoms with van der Waals surface area (Å²) in [4.78, 5) is 29.6. The van der Waals surface area contributed by atoms with Crippen molar-refractivity contribution in [2.45, 2.75) is 19.9 Å². The van der Waals surface area contributed by atoms with Crippen LogP contribution in [0.4, 0.5) is 5.69 Å². The summed E-state index contributed by atoms with van der Waals surface area (Å²) < 4.78 is 1.70. The molecule has 28 heavy (non-hydrogen) atoms. The van der Waals surface area contributed by atoms with E-state index in [9.17, 15) is 9.59 Å². The maximum Gasteiger partial charge on any atom is 0.238 e. The van der Waals surface area contributed by atoms with Gasteiger partial charge in [0.05, 0.1) is 12.2 Å². The quantitative estimate of drug-likeness (QED) is 0.640. The summed E-state index contributed by atoms with van der Waals surface area (Å²) in [6.45, 7) is 3.82. The molecule has 1 unspecified atom stereocenters. The number of nitrogens with zero attached hydrogens (tertiary/aromatic N) is 4. The van der Waals surface area contributed by atoms with E-state index in [0.29, 0.717) is 11.3 Å². The average molecular weight is 377 g/mol. The lowest BCUT2D eigenvalue weighted by molar-refractivity contribution is -0.117. The van der Waals surface area contributed by atoms with Gasteiger partial charge in [0.15, 0.2) is 5.78 Å². The van der Waals surface area contributed by atoms with Crippen LogP contribution in [0, 0.1) is 0 Å². The van der Waals surface area contributed by atoms with Gasteiger partial charge in [-0.3, -0.25) is 14.5 Å². The van der Waals surface area contributed by atoms with Gasteiger partial charge in [-0.25, -0.2) is 9.67 Å². The molecule has 7 nitrogen and oxygen atoms in total. The van der Waals surface area contributed by atoms with Crippen LogP contribution in [0.2, 0.25) is 0 Å². The van der Waals surface area contributed by atoms with E-state index in [-0.39, 0.29) is 24.3 Å². The minimum atomic E-state index is -0.107. The summed E-state index contributed by atoms with van der Waals surface area (Å²) in [5.74, 6) is -0.106. The molecule has 1 N–H and O–H groups in total. The Bertz CT molecular complexity index is 934. The Morgan fingerprint density at radius 1 is 1.11 bits per heavy atom. The normalized spacial score (nSPS) is 12.0. The molecule has 0 radical (unpaired) electrons. The molecule has 3 aromatic rings. The van der Waals surface area contributed by atoms with Crippen molar-refractivity contribution < 1.29 is 9.59 Å². The number of benzene rings is 2. The third-order valence-corrected chi connectivity index (χ3v) is 4.69. The van der Waals surface area contributed by atoms with E-state index in [1.54, 1.807) is 35.3 Å². The number of nitrogens with one attached hydrogen (secondary N) is 1. The molecule has 0 saturated heterocycles. The number of aromatic nitrogens is 3. The summed E-state index contributed by atoms with van der Waals surface area (Å²) in [7, 11) is 1.91. The lowest BCUT2D eigenvalue weighted by Crippen LogP contribution is -2.32. The second-order valence-corrected chi connectivity index (χ2v) is 6.70. The Kier molecular flexibility index (Phi) is 5.96. The van der Waals surface area contributed by atoms with Gasteiger partial charge < -0.3 is 5.32 Å². The molecule has 1 atom stereocenters. The number of carbonyl (C=O) groups excluding carboxylic acids is 2. The highest BCUT2D eigenvalue weighted by atomic mass is 16.2. The number of carbonyl (C=O) groups is 2. The third-order valence-electron chi connectivity index (χ3n) is 4.69. The largest absolute Gasteiger partial charge is 0.325 e. The molecule has 1 amide bonds. The van der Waals surface area contributed by atoms with E-state index < -0.39 is 0 Å². The lowest BCUT2D eigenvalue weighted by Gasteiger charge is -2.24. The Labute approximate surface area is 164 Å². The molecule has 2 aromatic carbocycles. The minimum absolute atomic E-state index is 0.00118. The van der Waals surface area contributed by atoms with Crippen molar-refractivity contribution in [3.63, 3.8) is 0 Å². The van der Waals surface area contributed by atoms with Crippen molar-refractivity contribution >= 4 is 17.4 Å². The van der Waals surface area contributed by atoms with Crippen LogP contribution in [-0.4, -0.2) is 44.9 Å². The van der Waals surface area contributed by atoms with Gasteiger partial charge in [-0.1, -0.05) is 12.1 Å². The van der Waals surface area contributed by atoms with Crippen molar-refractivity contribution in [3.05, 3.63) is 72.3 Å². The molecule has 3 rings (SSSR count). The fraction of sp³-hybridized carbons (Fsp3) is 0.238. The predicted molar refractivity (Wildman–Crippen MR) is 107 cm³/mol. The van der Waals surface area contributed by atoms with Crippen LogP contribution in [0.3, 0.4) is 0 Å². The van der Waals surface area contributed by atoms with Gasteiger partial charge >= 0.3 is 0 Å². The van der Waals surface area contributed by atoms with Crippen LogP contribution in [-0.2, 0) is 4.79 Å². The number of ketones is 1. The van der Waals surface area contributed by atoms with Crippen molar-refractivity contribution in [2.24, 2.45) is 0 Å². The highest BCUT2D eigenvalue weighted by Gasteiger charge is 2.15. The zero-order valence-corrected chi connectivity index (χ0v) is 16.2. The molecular weight excluding hydrogens is 354 g/mol. The highest BCUT2D eigenvalue weighted by Crippen LogP contribution is 2.20. The maximum atomic E-state index is 12.3. The molecule has 0 aliphatic carbocycles. The van der Waals surface area contributed by atoms with E-state index in [2.05, 4.69) is 22.3 Å². The molecule has 144 valence electrons. The number of amides is 1. The van der Waals surface area contributed by atoms with Gasteiger partial charge in [-0.05, 0) is 62.9 Å². The smallest absolute Gasteiger partial charge is 0.238 e. The molecule has 0 aliphatic rings. The first kappa shape index (κ1) is 19.4. The number of anilines is 1. The third kappa shape index (κ3) is 4.69. The van der Waals surface area contributed by atoms with Crippen molar-refractivity contribution in [1.82, 2.24) is 19.7 Å². The van der Waals surface area contributed by atoms with Gasteiger partial charge in [0.25, 0.3) is 0 Å². The van der Waals surface area contributed by atoms with Gasteiger partial charge in [-0.15, -0.1) is 0 Å². The summed E-state index contributed by atoms with van der Waals surface area (Å²) in [6.07, 6.45) is 3.15. The first-order chi connectivity index (χ1) is 13.4. The molecule has 7 heteroatoms. The van der Waals surface area contributed by atoms with Gasteiger partial charge in [0.2, 0.25) is 5.91 Å². The summed E-state index contributed by atoms with van der Waals surface area (Å²) in [5.41, 5.74) is 3.33. The van der Waals surface area contributed by atoms with E-state index in [0.717, 1.165) is 11.3 Å². The van der Waals surface area contributed by atoms with Gasteiger partial charge in [-0.2, -0.15) is 5.10 Å². The van der Waals surface area contributed by atoms with Crippen LogP contribution in [0.25, 0.3) is 5.69 Å². The van der Waals surface area contributed by atoms with Crippen LogP contribution in [0.5, 0.6) is 0 Å². The monoisotopic (exact) mass is 377 g/mol. The minimum Gasteiger partial charge on any atom is -0.325 e. The molecule has 0 aliphatic heterocycles. The van der Waals surface area contributed by atoms with Crippen LogP contribution in [0.1, 0.15) is 35.8 Å². The highest BCUT2D eigenvalue weighted by molar-refractivity contribution is 5.96. The van der Waals surface area contributed by atoms with Crippen LogP contribution in [0.15, 0.2) is 61.2 Å². The predicted octanol–water partition coefficient (Wildman–Crippen LogP) is 3.10. The molecule has 0 spiro atoms. The van der Waals surface area contributed by atoms with Crippen molar-refractivity contribution in [3.8, 4) is 5.69 Å². The van der Waals surface area contributed by atoms with Gasteiger partial charge in [0, 0.05) is 17.3 Å². The summed E-state index contributed by atoms with van der Waals surface area (Å²) >= 11 is 0. The number of hydrogen-bond donors (Lipinski definition) is 1. The molecule has 1 heterocycles. The fourth-order valence-corrected chi connectivity index (χ4v) is 2.85. The SMILES string of the molecule is CC(=O)c1ccc(NC(=O)CN(C)C(C)c2ccc(-n3cncn3)cc2)cc1. The number of hydrogen-bond acceptors (Lipinski definition) is 5. The Morgan fingerprint density at radius 3 is 2.36 bits per heavy atom. The second-order valence-electron chi connectivity index (χ2n) is 6.70. The maximum absolute atomic E-state index is 12.3. The molecule has 0 saturated carbocycles. The Morgan fingerprint density at radius 2 is 1.79 bits per heavy atom. The zero-order valence-electron chi connectivity index (χ0n) is 16.2.